The number of hydrogen-bond acceptors (Lipinski definition) is 4. The van der Waals surface area contributed by atoms with E-state index in [1.165, 1.54) is 128 Å². The van der Waals surface area contributed by atoms with Crippen LogP contribution in [0.4, 0.5) is 4.79 Å². The van der Waals surface area contributed by atoms with Crippen molar-refractivity contribution in [2.45, 2.75) is 206 Å². The fourth-order valence-corrected chi connectivity index (χ4v) is 7.22. The molecule has 1 saturated carbocycles. The first-order chi connectivity index (χ1) is 27.2. The largest absolute Gasteiger partial charge is 0.445 e. The Morgan fingerprint density at radius 2 is 0.964 bits per heavy atom. The predicted molar refractivity (Wildman–Crippen MR) is 236 cm³/mol. The van der Waals surface area contributed by atoms with Gasteiger partial charge in [-0.25, -0.2) is 4.79 Å². The van der Waals surface area contributed by atoms with E-state index in [-0.39, 0.29) is 30.9 Å². The van der Waals surface area contributed by atoms with Crippen LogP contribution in [0.5, 0.6) is 0 Å². The van der Waals surface area contributed by atoms with E-state index < -0.39 is 0 Å². The molecule has 5 heteroatoms. The van der Waals surface area contributed by atoms with Crippen molar-refractivity contribution in [1.82, 2.24) is 4.90 Å². The van der Waals surface area contributed by atoms with E-state index in [0.717, 1.165) is 57.3 Å². The third-order valence-electron chi connectivity index (χ3n) is 10.8. The number of rotatable bonds is 35. The van der Waals surface area contributed by atoms with Gasteiger partial charge >= 0.3 is 6.09 Å². The van der Waals surface area contributed by atoms with Gasteiger partial charge in [0.25, 0.3) is 0 Å². The maximum atomic E-state index is 13.0. The van der Waals surface area contributed by atoms with Crippen LogP contribution in [-0.2, 0) is 20.8 Å². The number of carbonyl (C=O) groups is 1. The number of hydrogen-bond donors (Lipinski definition) is 0. The van der Waals surface area contributed by atoms with Crippen molar-refractivity contribution in [1.29, 1.82) is 0 Å². The van der Waals surface area contributed by atoms with Crippen molar-refractivity contribution < 1.29 is 19.0 Å². The highest BCUT2D eigenvalue weighted by atomic mass is 16.6. The maximum Gasteiger partial charge on any atom is 0.410 e. The minimum Gasteiger partial charge on any atom is -0.445 e. The zero-order valence-corrected chi connectivity index (χ0v) is 35.8. The zero-order valence-electron chi connectivity index (χ0n) is 35.8. The second-order valence-corrected chi connectivity index (χ2v) is 15.8. The second-order valence-electron chi connectivity index (χ2n) is 15.8. The SMILES string of the molecule is CCCCC/C=C\C/C=C\CCCCCCCCO[C@H]1CC(N(C)C(=O)OCc2ccccc2)C[C@H]1OCCCCCCCC/C=C\C/C=C\CCCCC. The van der Waals surface area contributed by atoms with Gasteiger partial charge in [-0.1, -0.05) is 170 Å². The minimum absolute atomic E-state index is 0.0250. The van der Waals surface area contributed by atoms with Gasteiger partial charge in [0.05, 0.1) is 12.2 Å². The van der Waals surface area contributed by atoms with Crippen LogP contribution < -0.4 is 0 Å². The average Bonchev–Trinajstić information content (AvgIpc) is 3.61. The summed E-state index contributed by atoms with van der Waals surface area (Å²) >= 11 is 0. The van der Waals surface area contributed by atoms with Crippen molar-refractivity contribution >= 4 is 6.09 Å². The number of benzene rings is 1. The molecule has 1 aromatic rings. The molecule has 5 nitrogen and oxygen atoms in total. The molecule has 1 aliphatic rings. The van der Waals surface area contributed by atoms with Gasteiger partial charge in [0.2, 0.25) is 0 Å². The van der Waals surface area contributed by atoms with E-state index in [1.54, 1.807) is 4.90 Å². The maximum absolute atomic E-state index is 13.0. The highest BCUT2D eigenvalue weighted by Gasteiger charge is 2.39. The quantitative estimate of drug-likeness (QED) is 0.0510. The Morgan fingerprint density at radius 1 is 0.564 bits per heavy atom. The lowest BCUT2D eigenvalue weighted by molar-refractivity contribution is -0.0578. The van der Waals surface area contributed by atoms with Gasteiger partial charge in [-0.2, -0.15) is 0 Å². The molecule has 312 valence electrons. The lowest BCUT2D eigenvalue weighted by Crippen LogP contribution is -2.36. The Kier molecular flexibility index (Phi) is 31.5. The Labute approximate surface area is 339 Å². The van der Waals surface area contributed by atoms with Gasteiger partial charge in [0.15, 0.2) is 0 Å². The van der Waals surface area contributed by atoms with Crippen molar-refractivity contribution in [2.75, 3.05) is 20.3 Å². The van der Waals surface area contributed by atoms with E-state index in [2.05, 4.69) is 62.5 Å². The molecule has 0 N–H and O–H groups in total. The third kappa shape index (κ3) is 26.8. The molecule has 0 aromatic heterocycles. The topological polar surface area (TPSA) is 48.0 Å². The summed E-state index contributed by atoms with van der Waals surface area (Å²) in [4.78, 5) is 14.7. The lowest BCUT2D eigenvalue weighted by atomic mass is 10.1. The van der Waals surface area contributed by atoms with E-state index in [4.69, 9.17) is 14.2 Å². The Bertz CT molecular complexity index is 1070. The van der Waals surface area contributed by atoms with Gasteiger partial charge in [0.1, 0.15) is 6.61 Å². The lowest BCUT2D eigenvalue weighted by Gasteiger charge is -2.24. The summed E-state index contributed by atoms with van der Waals surface area (Å²) in [7, 11) is 1.86. The van der Waals surface area contributed by atoms with Crippen LogP contribution in [0.3, 0.4) is 0 Å². The van der Waals surface area contributed by atoms with Crippen molar-refractivity contribution in [3.63, 3.8) is 0 Å². The van der Waals surface area contributed by atoms with Crippen LogP contribution >= 0.6 is 0 Å². The summed E-state index contributed by atoms with van der Waals surface area (Å²) in [6.45, 7) is 6.33. The van der Waals surface area contributed by atoms with Gasteiger partial charge in [0, 0.05) is 26.3 Å². The van der Waals surface area contributed by atoms with Gasteiger partial charge < -0.3 is 19.1 Å². The predicted octanol–water partition coefficient (Wildman–Crippen LogP) is 14.8. The second kappa shape index (κ2) is 35.8. The minimum atomic E-state index is -0.275. The Morgan fingerprint density at radius 3 is 1.40 bits per heavy atom. The summed E-state index contributed by atoms with van der Waals surface area (Å²) in [5, 5.41) is 0. The number of allylic oxidation sites excluding steroid dienone is 8. The fourth-order valence-electron chi connectivity index (χ4n) is 7.22. The molecule has 0 heterocycles. The number of amides is 1. The van der Waals surface area contributed by atoms with Crippen LogP contribution in [0.25, 0.3) is 0 Å². The highest BCUT2D eigenvalue weighted by molar-refractivity contribution is 5.67. The standard InChI is InChI=1S/C50H83NO4/c1-4-6-8-10-12-14-16-18-20-22-24-26-28-30-32-37-41-53-48-43-47(51(3)50(52)55-45-46-39-35-34-36-40-46)44-49(48)54-42-38-33-31-29-27-25-23-21-19-17-15-13-11-9-7-5-2/h12-15,18-21,34-36,39-40,47-49H,4-11,16-17,22-33,37-38,41-45H2,1-3H3/b14-12-,15-13-,20-18-,21-19-/t47?,48-,49+. The van der Waals surface area contributed by atoms with Crippen molar-refractivity contribution in [3.05, 3.63) is 84.5 Å². The molecule has 1 aromatic carbocycles. The molecule has 55 heavy (non-hydrogen) atoms. The van der Waals surface area contributed by atoms with Crippen LogP contribution in [0.1, 0.15) is 186 Å². The molecule has 0 radical (unpaired) electrons. The van der Waals surface area contributed by atoms with E-state index in [0.29, 0.717) is 0 Å². The molecule has 1 amide bonds. The van der Waals surface area contributed by atoms with Crippen molar-refractivity contribution in [2.24, 2.45) is 0 Å². The van der Waals surface area contributed by atoms with Crippen molar-refractivity contribution in [3.8, 4) is 0 Å². The first-order valence-corrected chi connectivity index (χ1v) is 22.9. The number of carbonyl (C=O) groups excluding carboxylic acids is 1. The smallest absolute Gasteiger partial charge is 0.410 e. The van der Waals surface area contributed by atoms with Crippen LogP contribution in [-0.4, -0.2) is 49.5 Å². The summed E-state index contributed by atoms with van der Waals surface area (Å²) in [6.07, 6.45) is 49.8. The van der Waals surface area contributed by atoms with E-state index in [1.807, 2.05) is 37.4 Å². The number of unbranched alkanes of at least 4 members (excludes halogenated alkanes) is 18. The Balaban J connectivity index is 1.62. The van der Waals surface area contributed by atoms with Gasteiger partial charge in [-0.05, 0) is 95.5 Å². The monoisotopic (exact) mass is 762 g/mol. The Hall–Kier alpha value is -2.63. The molecule has 1 unspecified atom stereocenters. The highest BCUT2D eigenvalue weighted by Crippen LogP contribution is 2.30. The molecular weight excluding hydrogens is 679 g/mol. The first kappa shape index (κ1) is 48.5. The van der Waals surface area contributed by atoms with Crippen LogP contribution in [0, 0.1) is 0 Å². The summed E-state index contributed by atoms with van der Waals surface area (Å²) in [5.41, 5.74) is 1.000. The fraction of sp³-hybridized carbons (Fsp3) is 0.700. The van der Waals surface area contributed by atoms with Gasteiger partial charge in [-0.15, -0.1) is 0 Å². The average molecular weight is 762 g/mol. The molecular formula is C50H83NO4. The zero-order chi connectivity index (χ0) is 39.3. The summed E-state index contributed by atoms with van der Waals surface area (Å²) in [5.74, 6) is 0. The molecule has 2 rings (SSSR count). The molecule has 0 spiro atoms. The number of nitrogens with zero attached hydrogens (tertiary/aromatic N) is 1. The molecule has 3 atom stereocenters. The van der Waals surface area contributed by atoms with Crippen LogP contribution in [0.2, 0.25) is 0 Å². The molecule has 0 saturated heterocycles. The number of ether oxygens (including phenoxy) is 3. The van der Waals surface area contributed by atoms with E-state index in [9.17, 15) is 4.79 Å². The van der Waals surface area contributed by atoms with Crippen LogP contribution in [0.15, 0.2) is 78.9 Å². The molecule has 1 aliphatic carbocycles. The van der Waals surface area contributed by atoms with Gasteiger partial charge in [-0.3, -0.25) is 0 Å². The molecule has 1 fully saturated rings. The molecule has 0 aliphatic heterocycles. The summed E-state index contributed by atoms with van der Waals surface area (Å²) < 4.78 is 18.6. The molecule has 0 bridgehead atoms. The van der Waals surface area contributed by atoms with E-state index >= 15 is 0 Å². The third-order valence-corrected chi connectivity index (χ3v) is 10.8. The first-order valence-electron chi connectivity index (χ1n) is 22.9. The summed E-state index contributed by atoms with van der Waals surface area (Å²) in [6, 6.07) is 9.95. The normalized spacial score (nSPS) is 17.5.